The first-order valence-electron chi connectivity index (χ1n) is 3.66. The van der Waals surface area contributed by atoms with Crippen LogP contribution in [0.4, 0.5) is 0 Å². The van der Waals surface area contributed by atoms with E-state index in [9.17, 15) is 4.79 Å². The van der Waals surface area contributed by atoms with Crippen molar-refractivity contribution in [3.05, 3.63) is 24.2 Å². The van der Waals surface area contributed by atoms with Gasteiger partial charge in [0.15, 0.2) is 11.8 Å². The molecule has 0 fully saturated rings. The van der Waals surface area contributed by atoms with Gasteiger partial charge >= 0.3 is 0 Å². The highest BCUT2D eigenvalue weighted by molar-refractivity contribution is 5.96. The Balaban J connectivity index is 2.70. The second-order valence-corrected chi connectivity index (χ2v) is 2.45. The summed E-state index contributed by atoms with van der Waals surface area (Å²) in [6.45, 7) is 1.93. The lowest BCUT2D eigenvalue weighted by atomic mass is 10.1. The molecule has 1 unspecified atom stereocenters. The fourth-order valence-electron chi connectivity index (χ4n) is 0.805. The molecule has 0 aliphatic rings. The molecule has 0 saturated heterocycles. The van der Waals surface area contributed by atoms with Crippen molar-refractivity contribution in [3.8, 4) is 0 Å². The standard InChI is InChI=1S/C8H11NO2/c1-2-6(9)8(10)7-4-3-5-11-7/h3-6H,2,9H2,1H3/p+1. The molecule has 0 saturated carbocycles. The van der Waals surface area contributed by atoms with E-state index < -0.39 is 0 Å². The molecular weight excluding hydrogens is 142 g/mol. The molecule has 0 bridgehead atoms. The first-order valence-corrected chi connectivity index (χ1v) is 3.66. The summed E-state index contributed by atoms with van der Waals surface area (Å²) in [4.78, 5) is 11.3. The zero-order valence-corrected chi connectivity index (χ0v) is 6.54. The van der Waals surface area contributed by atoms with Gasteiger partial charge in [0.1, 0.15) is 0 Å². The molecule has 0 amide bonds. The molecule has 3 N–H and O–H groups in total. The molecule has 11 heavy (non-hydrogen) atoms. The summed E-state index contributed by atoms with van der Waals surface area (Å²) in [5, 5.41) is 0. The van der Waals surface area contributed by atoms with Crippen molar-refractivity contribution >= 4 is 5.78 Å². The van der Waals surface area contributed by atoms with Gasteiger partial charge in [-0.05, 0) is 12.1 Å². The lowest BCUT2D eigenvalue weighted by Crippen LogP contribution is -2.64. The maximum atomic E-state index is 11.3. The normalized spacial score (nSPS) is 12.9. The van der Waals surface area contributed by atoms with Gasteiger partial charge in [0.2, 0.25) is 0 Å². The molecule has 60 valence electrons. The summed E-state index contributed by atoms with van der Waals surface area (Å²) >= 11 is 0. The Labute approximate surface area is 65.2 Å². The Morgan fingerprint density at radius 3 is 3.00 bits per heavy atom. The highest BCUT2D eigenvalue weighted by atomic mass is 16.3. The summed E-state index contributed by atoms with van der Waals surface area (Å²) in [5.41, 5.74) is 3.70. The third-order valence-electron chi connectivity index (χ3n) is 1.63. The van der Waals surface area contributed by atoms with Crippen LogP contribution in [0.15, 0.2) is 22.8 Å². The summed E-state index contributed by atoms with van der Waals surface area (Å²) in [5.74, 6) is 0.393. The molecule has 1 rings (SSSR count). The Morgan fingerprint density at radius 1 is 1.82 bits per heavy atom. The molecule has 0 aromatic carbocycles. The first kappa shape index (κ1) is 8.01. The average Bonchev–Trinajstić information content (AvgIpc) is 2.53. The van der Waals surface area contributed by atoms with Gasteiger partial charge in [-0.1, -0.05) is 6.92 Å². The Hall–Kier alpha value is -1.09. The number of rotatable bonds is 3. The SMILES string of the molecule is CCC([NH3+])C(=O)c1ccco1. The number of carbonyl (C=O) groups excluding carboxylic acids is 1. The van der Waals surface area contributed by atoms with Crippen molar-refractivity contribution in [2.75, 3.05) is 0 Å². The lowest BCUT2D eigenvalue weighted by Gasteiger charge is -1.99. The smallest absolute Gasteiger partial charge is 0.254 e. The van der Waals surface area contributed by atoms with E-state index in [0.717, 1.165) is 6.42 Å². The number of hydrogen-bond acceptors (Lipinski definition) is 2. The monoisotopic (exact) mass is 154 g/mol. The van der Waals surface area contributed by atoms with Gasteiger partial charge in [0.05, 0.1) is 6.26 Å². The zero-order chi connectivity index (χ0) is 8.27. The molecule has 1 atom stereocenters. The van der Waals surface area contributed by atoms with Gasteiger partial charge in [0.25, 0.3) is 5.78 Å². The molecule has 0 radical (unpaired) electrons. The third-order valence-corrected chi connectivity index (χ3v) is 1.63. The minimum Gasteiger partial charge on any atom is -0.461 e. The largest absolute Gasteiger partial charge is 0.461 e. The van der Waals surface area contributed by atoms with Crippen LogP contribution in [-0.4, -0.2) is 11.8 Å². The quantitative estimate of drug-likeness (QED) is 0.644. The summed E-state index contributed by atoms with van der Waals surface area (Å²) < 4.78 is 4.93. The number of Topliss-reactive ketones (excluding diaryl/α,β-unsaturated/α-hetero) is 1. The van der Waals surface area contributed by atoms with E-state index in [0.29, 0.717) is 5.76 Å². The van der Waals surface area contributed by atoms with Gasteiger partial charge in [-0.15, -0.1) is 0 Å². The predicted octanol–water partition coefficient (Wildman–Crippen LogP) is 0.483. The molecule has 0 spiro atoms. The Morgan fingerprint density at radius 2 is 2.55 bits per heavy atom. The highest BCUT2D eigenvalue weighted by Gasteiger charge is 2.18. The molecule has 3 heteroatoms. The minimum atomic E-state index is -0.179. The average molecular weight is 154 g/mol. The summed E-state index contributed by atoms with van der Waals surface area (Å²) in [7, 11) is 0. The van der Waals surface area contributed by atoms with Crippen LogP contribution in [0.25, 0.3) is 0 Å². The van der Waals surface area contributed by atoms with Crippen molar-refractivity contribution in [2.24, 2.45) is 0 Å². The fourth-order valence-corrected chi connectivity index (χ4v) is 0.805. The first-order chi connectivity index (χ1) is 5.25. The second-order valence-electron chi connectivity index (χ2n) is 2.45. The summed E-state index contributed by atoms with van der Waals surface area (Å²) in [6, 6.07) is 3.19. The van der Waals surface area contributed by atoms with Crippen LogP contribution in [0, 0.1) is 0 Å². The topological polar surface area (TPSA) is 57.9 Å². The van der Waals surface area contributed by atoms with E-state index in [1.807, 2.05) is 6.92 Å². The lowest BCUT2D eigenvalue weighted by molar-refractivity contribution is -0.399. The molecule has 3 nitrogen and oxygen atoms in total. The molecule has 0 aliphatic heterocycles. The Bertz CT molecular complexity index is 228. The molecule has 1 aromatic heterocycles. The van der Waals surface area contributed by atoms with Gasteiger partial charge in [-0.3, -0.25) is 4.79 Å². The van der Waals surface area contributed by atoms with Crippen molar-refractivity contribution < 1.29 is 14.9 Å². The predicted molar refractivity (Wildman–Crippen MR) is 40.0 cm³/mol. The van der Waals surface area contributed by atoms with Gasteiger partial charge in [0, 0.05) is 6.42 Å². The van der Waals surface area contributed by atoms with Crippen molar-refractivity contribution in [1.82, 2.24) is 0 Å². The molecule has 1 aromatic rings. The van der Waals surface area contributed by atoms with Crippen LogP contribution in [0.2, 0.25) is 0 Å². The number of quaternary nitrogens is 1. The van der Waals surface area contributed by atoms with Crippen molar-refractivity contribution in [3.63, 3.8) is 0 Å². The van der Waals surface area contributed by atoms with Crippen LogP contribution >= 0.6 is 0 Å². The fraction of sp³-hybridized carbons (Fsp3) is 0.375. The zero-order valence-electron chi connectivity index (χ0n) is 6.54. The van der Waals surface area contributed by atoms with Crippen LogP contribution in [0.5, 0.6) is 0 Å². The van der Waals surface area contributed by atoms with Crippen molar-refractivity contribution in [2.45, 2.75) is 19.4 Å². The third kappa shape index (κ3) is 1.68. The van der Waals surface area contributed by atoms with Crippen LogP contribution in [0.3, 0.4) is 0 Å². The highest BCUT2D eigenvalue weighted by Crippen LogP contribution is 2.03. The second kappa shape index (κ2) is 3.34. The van der Waals surface area contributed by atoms with Crippen LogP contribution < -0.4 is 5.73 Å². The van der Waals surface area contributed by atoms with E-state index in [-0.39, 0.29) is 11.8 Å². The maximum Gasteiger partial charge on any atom is 0.254 e. The van der Waals surface area contributed by atoms with E-state index >= 15 is 0 Å². The van der Waals surface area contributed by atoms with Crippen LogP contribution in [-0.2, 0) is 0 Å². The van der Waals surface area contributed by atoms with E-state index in [2.05, 4.69) is 5.73 Å². The van der Waals surface area contributed by atoms with Crippen LogP contribution in [0.1, 0.15) is 23.9 Å². The van der Waals surface area contributed by atoms with E-state index in [1.54, 1.807) is 12.1 Å². The minimum absolute atomic E-state index is 0.0162. The van der Waals surface area contributed by atoms with Crippen molar-refractivity contribution in [1.29, 1.82) is 0 Å². The number of furan rings is 1. The number of ketones is 1. The molecular formula is C8H12NO2+. The maximum absolute atomic E-state index is 11.3. The van der Waals surface area contributed by atoms with Gasteiger partial charge in [-0.2, -0.15) is 0 Å². The number of carbonyl (C=O) groups is 1. The van der Waals surface area contributed by atoms with E-state index in [1.165, 1.54) is 6.26 Å². The summed E-state index contributed by atoms with van der Waals surface area (Å²) in [6.07, 6.45) is 2.25. The molecule has 1 heterocycles. The number of hydrogen-bond donors (Lipinski definition) is 1. The van der Waals surface area contributed by atoms with Gasteiger partial charge in [-0.25, -0.2) is 0 Å². The van der Waals surface area contributed by atoms with E-state index in [4.69, 9.17) is 4.42 Å². The van der Waals surface area contributed by atoms with Gasteiger partial charge < -0.3 is 10.2 Å². The molecule has 0 aliphatic carbocycles. The Kier molecular flexibility index (Phi) is 2.44.